The average Bonchev–Trinajstić information content (AvgIpc) is 2.26. The van der Waals surface area contributed by atoms with E-state index in [4.69, 9.17) is 10.6 Å². The Morgan fingerprint density at radius 3 is 2.71 bits per heavy atom. The Morgan fingerprint density at radius 1 is 1.43 bits per heavy atom. The summed E-state index contributed by atoms with van der Waals surface area (Å²) in [4.78, 5) is 0. The number of rotatable bonds is 6. The zero-order valence-electron chi connectivity index (χ0n) is 8.15. The molecule has 3 N–H and O–H groups in total. The third-order valence-corrected chi connectivity index (χ3v) is 1.91. The second-order valence-electron chi connectivity index (χ2n) is 3.01. The Morgan fingerprint density at radius 2 is 2.14 bits per heavy atom. The lowest BCUT2D eigenvalue weighted by molar-refractivity contribution is 0.109. The van der Waals surface area contributed by atoms with Gasteiger partial charge in [0.1, 0.15) is 0 Å². The maximum absolute atomic E-state index is 5.45. The van der Waals surface area contributed by atoms with E-state index in [1.165, 1.54) is 0 Å². The van der Waals surface area contributed by atoms with E-state index in [2.05, 4.69) is 12.0 Å². The summed E-state index contributed by atoms with van der Waals surface area (Å²) in [5.74, 6) is 5.26. The van der Waals surface area contributed by atoms with E-state index in [0.717, 1.165) is 5.56 Å². The van der Waals surface area contributed by atoms with Crippen LogP contribution in [0.25, 0.3) is 0 Å². The van der Waals surface area contributed by atoms with Gasteiger partial charge in [0.05, 0.1) is 19.3 Å². The highest BCUT2D eigenvalue weighted by molar-refractivity contribution is 5.13. The smallest absolute Gasteiger partial charge is 0.0717 e. The van der Waals surface area contributed by atoms with Gasteiger partial charge in [-0.3, -0.25) is 11.3 Å². The molecule has 1 aromatic carbocycles. The molecule has 0 fully saturated rings. The highest BCUT2D eigenvalue weighted by Gasteiger charge is 2.00. The summed E-state index contributed by atoms with van der Waals surface area (Å²) in [6.07, 6.45) is 1.73. The number of hydrazine groups is 1. The molecule has 0 aliphatic rings. The van der Waals surface area contributed by atoms with Crippen molar-refractivity contribution in [1.82, 2.24) is 5.43 Å². The zero-order chi connectivity index (χ0) is 10.2. The van der Waals surface area contributed by atoms with Gasteiger partial charge in [-0.25, -0.2) is 0 Å². The monoisotopic (exact) mass is 192 g/mol. The van der Waals surface area contributed by atoms with Gasteiger partial charge in [0.15, 0.2) is 0 Å². The molecule has 0 spiro atoms. The van der Waals surface area contributed by atoms with Crippen molar-refractivity contribution in [1.29, 1.82) is 0 Å². The van der Waals surface area contributed by atoms with Crippen molar-refractivity contribution in [2.45, 2.75) is 12.6 Å². The van der Waals surface area contributed by atoms with E-state index >= 15 is 0 Å². The van der Waals surface area contributed by atoms with Gasteiger partial charge in [-0.1, -0.05) is 36.4 Å². The van der Waals surface area contributed by atoms with Crippen LogP contribution in [0.2, 0.25) is 0 Å². The maximum atomic E-state index is 5.45. The van der Waals surface area contributed by atoms with Crippen molar-refractivity contribution in [3.05, 3.63) is 48.6 Å². The van der Waals surface area contributed by atoms with Crippen molar-refractivity contribution in [2.24, 2.45) is 5.84 Å². The second-order valence-corrected chi connectivity index (χ2v) is 3.01. The lowest BCUT2D eigenvalue weighted by Gasteiger charge is -2.11. The van der Waals surface area contributed by atoms with Gasteiger partial charge in [0, 0.05) is 0 Å². The van der Waals surface area contributed by atoms with Gasteiger partial charge in [-0.2, -0.15) is 0 Å². The largest absolute Gasteiger partial charge is 0.375 e. The molecule has 0 aromatic heterocycles. The van der Waals surface area contributed by atoms with Crippen LogP contribution in [0.5, 0.6) is 0 Å². The Labute approximate surface area is 84.5 Å². The van der Waals surface area contributed by atoms with Gasteiger partial charge >= 0.3 is 0 Å². The molecule has 0 radical (unpaired) electrons. The molecule has 0 saturated heterocycles. The molecule has 3 nitrogen and oxygen atoms in total. The molecule has 1 atom stereocenters. The molecule has 0 saturated carbocycles. The predicted molar refractivity (Wildman–Crippen MR) is 57.4 cm³/mol. The number of nitrogens with two attached hydrogens (primary N) is 1. The molecular weight excluding hydrogens is 176 g/mol. The standard InChI is InChI=1S/C11H16N2O/c1-2-11(13-12)9-14-8-10-6-4-3-5-7-10/h2-7,11,13H,1,8-9,12H2. The minimum atomic E-state index is 0.0127. The van der Waals surface area contributed by atoms with Gasteiger partial charge in [-0.05, 0) is 5.56 Å². The van der Waals surface area contributed by atoms with E-state index in [9.17, 15) is 0 Å². The van der Waals surface area contributed by atoms with Crippen LogP contribution in [0.1, 0.15) is 5.56 Å². The minimum absolute atomic E-state index is 0.0127. The first-order valence-corrected chi connectivity index (χ1v) is 4.57. The van der Waals surface area contributed by atoms with Crippen LogP contribution in [0, 0.1) is 0 Å². The SMILES string of the molecule is C=CC(COCc1ccccc1)NN. The average molecular weight is 192 g/mol. The molecule has 3 heteroatoms. The van der Waals surface area contributed by atoms with Gasteiger partial charge in [-0.15, -0.1) is 6.58 Å². The summed E-state index contributed by atoms with van der Waals surface area (Å²) in [7, 11) is 0. The third-order valence-electron chi connectivity index (χ3n) is 1.91. The summed E-state index contributed by atoms with van der Waals surface area (Å²) in [6, 6.07) is 10.0. The number of benzene rings is 1. The highest BCUT2D eigenvalue weighted by atomic mass is 16.5. The van der Waals surface area contributed by atoms with Crippen molar-refractivity contribution in [3.8, 4) is 0 Å². The van der Waals surface area contributed by atoms with Crippen LogP contribution < -0.4 is 11.3 Å². The molecule has 0 amide bonds. The molecule has 1 unspecified atom stereocenters. The van der Waals surface area contributed by atoms with E-state index in [1.54, 1.807) is 6.08 Å². The summed E-state index contributed by atoms with van der Waals surface area (Å²) in [5, 5.41) is 0. The minimum Gasteiger partial charge on any atom is -0.375 e. The summed E-state index contributed by atoms with van der Waals surface area (Å²) in [6.45, 7) is 4.78. The first-order valence-electron chi connectivity index (χ1n) is 4.57. The summed E-state index contributed by atoms with van der Waals surface area (Å²) < 4.78 is 5.45. The molecule has 1 rings (SSSR count). The lowest BCUT2D eigenvalue weighted by atomic mass is 10.2. The number of hydrogen-bond donors (Lipinski definition) is 2. The topological polar surface area (TPSA) is 47.3 Å². The van der Waals surface area contributed by atoms with Crippen LogP contribution >= 0.6 is 0 Å². The molecule has 0 heterocycles. The Bertz CT molecular complexity index is 261. The van der Waals surface area contributed by atoms with Crippen molar-refractivity contribution < 1.29 is 4.74 Å². The zero-order valence-corrected chi connectivity index (χ0v) is 8.15. The first kappa shape index (κ1) is 10.9. The maximum Gasteiger partial charge on any atom is 0.0717 e. The Kier molecular flexibility index (Phi) is 4.93. The molecule has 1 aromatic rings. The Balaban J connectivity index is 2.25. The second kappa shape index (κ2) is 6.32. The fraction of sp³-hybridized carbons (Fsp3) is 0.273. The molecule has 0 aliphatic heterocycles. The number of hydrogen-bond acceptors (Lipinski definition) is 3. The third kappa shape index (κ3) is 3.70. The Hall–Kier alpha value is -1.16. The molecule has 0 aliphatic carbocycles. The normalized spacial score (nSPS) is 12.4. The van der Waals surface area contributed by atoms with Gasteiger partial charge in [0.25, 0.3) is 0 Å². The summed E-state index contributed by atoms with van der Waals surface area (Å²) >= 11 is 0. The van der Waals surface area contributed by atoms with Crippen LogP contribution in [-0.2, 0) is 11.3 Å². The first-order chi connectivity index (χ1) is 6.86. The molecule has 14 heavy (non-hydrogen) atoms. The predicted octanol–water partition coefficient (Wildman–Crippen LogP) is 1.22. The quantitative estimate of drug-likeness (QED) is 0.405. The summed E-state index contributed by atoms with van der Waals surface area (Å²) in [5.41, 5.74) is 3.75. The van der Waals surface area contributed by atoms with Crippen LogP contribution in [0.3, 0.4) is 0 Å². The van der Waals surface area contributed by atoms with E-state index in [-0.39, 0.29) is 6.04 Å². The van der Waals surface area contributed by atoms with Crippen LogP contribution in [-0.4, -0.2) is 12.6 Å². The van der Waals surface area contributed by atoms with Crippen LogP contribution in [0.15, 0.2) is 43.0 Å². The van der Waals surface area contributed by atoms with Crippen molar-refractivity contribution in [3.63, 3.8) is 0 Å². The molecule has 76 valence electrons. The van der Waals surface area contributed by atoms with Crippen molar-refractivity contribution in [2.75, 3.05) is 6.61 Å². The highest BCUT2D eigenvalue weighted by Crippen LogP contribution is 2.00. The van der Waals surface area contributed by atoms with Crippen molar-refractivity contribution >= 4 is 0 Å². The fourth-order valence-corrected chi connectivity index (χ4v) is 1.06. The van der Waals surface area contributed by atoms with Gasteiger partial charge in [0.2, 0.25) is 0 Å². The van der Waals surface area contributed by atoms with Crippen LogP contribution in [0.4, 0.5) is 0 Å². The van der Waals surface area contributed by atoms with Gasteiger partial charge < -0.3 is 4.74 Å². The lowest BCUT2D eigenvalue weighted by Crippen LogP contribution is -2.36. The fourth-order valence-electron chi connectivity index (χ4n) is 1.06. The van der Waals surface area contributed by atoms with E-state index in [1.807, 2.05) is 30.3 Å². The molecular formula is C11H16N2O. The molecule has 0 bridgehead atoms. The van der Waals surface area contributed by atoms with E-state index < -0.39 is 0 Å². The number of ether oxygens (including phenoxy) is 1. The number of nitrogens with one attached hydrogen (secondary N) is 1. The van der Waals surface area contributed by atoms with E-state index in [0.29, 0.717) is 13.2 Å².